The van der Waals surface area contributed by atoms with Gasteiger partial charge >= 0.3 is 0 Å². The van der Waals surface area contributed by atoms with Crippen LogP contribution in [0.5, 0.6) is 5.75 Å². The van der Waals surface area contributed by atoms with Gasteiger partial charge in [-0.2, -0.15) is 0 Å². The van der Waals surface area contributed by atoms with E-state index in [1.807, 2.05) is 0 Å². The van der Waals surface area contributed by atoms with Crippen molar-refractivity contribution < 1.29 is 13.5 Å². The first-order valence-electron chi connectivity index (χ1n) is 5.76. The lowest BCUT2D eigenvalue weighted by atomic mass is 10.2. The molecule has 0 aliphatic heterocycles. The van der Waals surface area contributed by atoms with Gasteiger partial charge in [0.2, 0.25) is 0 Å². The van der Waals surface area contributed by atoms with Gasteiger partial charge in [0.05, 0.1) is 6.10 Å². The zero-order valence-corrected chi connectivity index (χ0v) is 9.17. The third-order valence-electron chi connectivity index (χ3n) is 3.63. The smallest absolute Gasteiger partial charge is 0.191 e. The summed E-state index contributed by atoms with van der Waals surface area (Å²) in [5.41, 5.74) is 0.580. The molecule has 0 N–H and O–H groups in total. The Morgan fingerprint density at radius 2 is 1.62 bits per heavy atom. The molecule has 86 valence electrons. The number of halogens is 2. The van der Waals surface area contributed by atoms with Gasteiger partial charge in [0, 0.05) is 0 Å². The van der Waals surface area contributed by atoms with Gasteiger partial charge in [-0.05, 0) is 55.7 Å². The predicted octanol–water partition coefficient (Wildman–Crippen LogP) is 3.45. The van der Waals surface area contributed by atoms with Gasteiger partial charge in [0.25, 0.3) is 0 Å². The lowest BCUT2D eigenvalue weighted by Crippen LogP contribution is -2.15. The van der Waals surface area contributed by atoms with Crippen LogP contribution in [-0.4, -0.2) is 6.10 Å². The number of rotatable bonds is 2. The highest BCUT2D eigenvalue weighted by Crippen LogP contribution is 2.52. The van der Waals surface area contributed by atoms with E-state index in [4.69, 9.17) is 4.74 Å². The van der Waals surface area contributed by atoms with Crippen molar-refractivity contribution in [2.24, 2.45) is 11.8 Å². The molecule has 2 saturated carbocycles. The summed E-state index contributed by atoms with van der Waals surface area (Å²) in [5, 5.41) is 0. The second kappa shape index (κ2) is 3.44. The molecule has 3 heteroatoms. The minimum atomic E-state index is -0.585. The third-order valence-corrected chi connectivity index (χ3v) is 3.63. The minimum Gasteiger partial charge on any atom is -0.484 e. The summed E-state index contributed by atoms with van der Waals surface area (Å²) in [7, 11) is 0. The van der Waals surface area contributed by atoms with Crippen LogP contribution in [0.15, 0.2) is 12.1 Å². The second-order valence-corrected chi connectivity index (χ2v) is 5.02. The van der Waals surface area contributed by atoms with Crippen molar-refractivity contribution in [1.29, 1.82) is 0 Å². The Bertz CT molecular complexity index is 397. The van der Waals surface area contributed by atoms with Gasteiger partial charge in [-0.1, -0.05) is 0 Å². The summed E-state index contributed by atoms with van der Waals surface area (Å²) >= 11 is 0. The average Bonchev–Trinajstić information content (AvgIpc) is 2.80. The van der Waals surface area contributed by atoms with Crippen LogP contribution in [0.4, 0.5) is 8.78 Å². The minimum absolute atomic E-state index is 0.00968. The molecule has 2 aliphatic carbocycles. The first-order valence-corrected chi connectivity index (χ1v) is 5.76. The number of fused-ring (bicyclic) bond motifs is 1. The van der Waals surface area contributed by atoms with Crippen LogP contribution < -0.4 is 4.74 Å². The highest BCUT2D eigenvalue weighted by Gasteiger charge is 2.47. The molecule has 0 heterocycles. The standard InChI is InChI=1S/C13H14F2O/c1-7-2-11(14)13(12(15)3-7)16-10-5-8-4-9(8)6-10/h2-3,8-10H,4-6H2,1H3. The zero-order chi connectivity index (χ0) is 11.3. The fourth-order valence-corrected chi connectivity index (χ4v) is 2.72. The molecule has 0 aromatic heterocycles. The SMILES string of the molecule is Cc1cc(F)c(OC2CC3CC3C2)c(F)c1. The summed E-state index contributed by atoms with van der Waals surface area (Å²) in [6.45, 7) is 1.67. The van der Waals surface area contributed by atoms with Crippen molar-refractivity contribution in [2.45, 2.75) is 32.3 Å². The van der Waals surface area contributed by atoms with Gasteiger partial charge in [-0.15, -0.1) is 0 Å². The largest absolute Gasteiger partial charge is 0.484 e. The third kappa shape index (κ3) is 1.68. The first-order chi connectivity index (χ1) is 7.63. The van der Waals surface area contributed by atoms with Gasteiger partial charge in [0.1, 0.15) is 0 Å². The van der Waals surface area contributed by atoms with E-state index in [1.54, 1.807) is 6.92 Å². The molecule has 16 heavy (non-hydrogen) atoms. The van der Waals surface area contributed by atoms with E-state index in [0.717, 1.165) is 24.7 Å². The summed E-state index contributed by atoms with van der Waals surface area (Å²) in [6, 6.07) is 2.63. The Morgan fingerprint density at radius 1 is 1.06 bits per heavy atom. The maximum atomic E-state index is 13.5. The zero-order valence-electron chi connectivity index (χ0n) is 9.17. The normalized spacial score (nSPS) is 31.3. The van der Waals surface area contributed by atoms with Crippen LogP contribution in [0.3, 0.4) is 0 Å². The molecule has 3 rings (SSSR count). The Kier molecular flexibility index (Phi) is 2.16. The van der Waals surface area contributed by atoms with E-state index in [1.165, 1.54) is 18.6 Å². The van der Waals surface area contributed by atoms with Crippen LogP contribution in [0.25, 0.3) is 0 Å². The molecule has 2 aliphatic rings. The van der Waals surface area contributed by atoms with E-state index >= 15 is 0 Å². The quantitative estimate of drug-likeness (QED) is 0.747. The van der Waals surface area contributed by atoms with E-state index in [0.29, 0.717) is 5.56 Å². The lowest BCUT2D eigenvalue weighted by molar-refractivity contribution is 0.177. The van der Waals surface area contributed by atoms with Gasteiger partial charge in [-0.25, -0.2) is 8.78 Å². The summed E-state index contributed by atoms with van der Waals surface area (Å²) in [4.78, 5) is 0. The number of benzene rings is 1. The fraction of sp³-hybridized carbons (Fsp3) is 0.538. The number of hydrogen-bond acceptors (Lipinski definition) is 1. The Labute approximate surface area is 93.4 Å². The predicted molar refractivity (Wildman–Crippen MR) is 56.3 cm³/mol. The number of ether oxygens (including phenoxy) is 1. The molecule has 1 aromatic carbocycles. The van der Waals surface area contributed by atoms with Crippen LogP contribution in [0.1, 0.15) is 24.8 Å². The molecular weight excluding hydrogens is 210 g/mol. The second-order valence-electron chi connectivity index (χ2n) is 5.02. The molecule has 0 bridgehead atoms. The Morgan fingerprint density at radius 3 is 2.19 bits per heavy atom. The maximum Gasteiger partial charge on any atom is 0.191 e. The van der Waals surface area contributed by atoms with Gasteiger partial charge < -0.3 is 4.74 Å². The highest BCUT2D eigenvalue weighted by molar-refractivity contribution is 5.31. The molecule has 2 fully saturated rings. The molecule has 1 nitrogen and oxygen atoms in total. The van der Waals surface area contributed by atoms with Crippen molar-refractivity contribution in [3.8, 4) is 5.75 Å². The van der Waals surface area contributed by atoms with Crippen LogP contribution in [0, 0.1) is 30.4 Å². The van der Waals surface area contributed by atoms with Gasteiger partial charge in [-0.3, -0.25) is 0 Å². The van der Waals surface area contributed by atoms with E-state index in [2.05, 4.69) is 0 Å². The highest BCUT2D eigenvalue weighted by atomic mass is 19.1. The molecule has 0 spiro atoms. The van der Waals surface area contributed by atoms with Crippen molar-refractivity contribution in [3.05, 3.63) is 29.3 Å². The van der Waals surface area contributed by atoms with Crippen molar-refractivity contribution >= 4 is 0 Å². The molecular formula is C13H14F2O. The summed E-state index contributed by atoms with van der Waals surface area (Å²) in [5.74, 6) is 0.135. The molecule has 0 radical (unpaired) electrons. The van der Waals surface area contributed by atoms with Crippen LogP contribution in [0.2, 0.25) is 0 Å². The monoisotopic (exact) mass is 224 g/mol. The fourth-order valence-electron chi connectivity index (χ4n) is 2.72. The topological polar surface area (TPSA) is 9.23 Å². The maximum absolute atomic E-state index is 13.5. The number of aryl methyl sites for hydroxylation is 1. The van der Waals surface area contributed by atoms with E-state index < -0.39 is 11.6 Å². The van der Waals surface area contributed by atoms with Crippen molar-refractivity contribution in [2.75, 3.05) is 0 Å². The molecule has 1 aromatic rings. The van der Waals surface area contributed by atoms with Crippen molar-refractivity contribution in [1.82, 2.24) is 0 Å². The first kappa shape index (κ1) is 10.1. The molecule has 2 atom stereocenters. The average molecular weight is 224 g/mol. The van der Waals surface area contributed by atoms with E-state index in [-0.39, 0.29) is 11.9 Å². The van der Waals surface area contributed by atoms with Crippen LogP contribution in [-0.2, 0) is 0 Å². The molecule has 0 saturated heterocycles. The number of hydrogen-bond donors (Lipinski definition) is 0. The lowest BCUT2D eigenvalue weighted by Gasteiger charge is -2.16. The van der Waals surface area contributed by atoms with E-state index in [9.17, 15) is 8.78 Å². The Hall–Kier alpha value is -1.12. The molecule has 2 unspecified atom stereocenters. The summed E-state index contributed by atoms with van der Waals surface area (Å²) < 4.78 is 32.5. The summed E-state index contributed by atoms with van der Waals surface area (Å²) in [6.07, 6.45) is 3.20. The van der Waals surface area contributed by atoms with Crippen LogP contribution >= 0.6 is 0 Å². The molecule has 0 amide bonds. The van der Waals surface area contributed by atoms with Gasteiger partial charge in [0.15, 0.2) is 17.4 Å². The van der Waals surface area contributed by atoms with Crippen molar-refractivity contribution in [3.63, 3.8) is 0 Å². The Balaban J connectivity index is 1.78.